The van der Waals surface area contributed by atoms with Gasteiger partial charge in [-0.15, -0.1) is 0 Å². The number of quaternary nitrogens is 2. The Balaban J connectivity index is 1.76. The lowest BCUT2D eigenvalue weighted by Gasteiger charge is -2.41. The Morgan fingerprint density at radius 3 is 0.892 bits per heavy atom. The molecule has 0 bridgehead atoms. The van der Waals surface area contributed by atoms with Crippen LogP contribution in [-0.4, -0.2) is 29.7 Å². The fraction of sp³-hybridized carbons (Fsp3) is 0.355. The van der Waals surface area contributed by atoms with Gasteiger partial charge in [0.05, 0.1) is 14.1 Å². The minimum atomic E-state index is 0.888. The third kappa shape index (κ3) is 6.85. The Kier molecular flexibility index (Phi) is 8.10. The van der Waals surface area contributed by atoms with Gasteiger partial charge in [0.25, 0.3) is 0 Å². The quantitative estimate of drug-likeness (QED) is 0.180. The molecular formula is C31H44N6+6. The number of aromatic nitrogens is 4. The number of hydrogen-bond donors (Lipinski definition) is 0. The Morgan fingerprint density at radius 2 is 0.676 bits per heavy atom. The van der Waals surface area contributed by atoms with Crippen molar-refractivity contribution in [2.75, 3.05) is 20.8 Å². The molecule has 0 radical (unpaired) electrons. The van der Waals surface area contributed by atoms with Crippen molar-refractivity contribution in [1.82, 2.24) is 0 Å². The fourth-order valence-electron chi connectivity index (χ4n) is 5.59. The van der Waals surface area contributed by atoms with Gasteiger partial charge < -0.3 is 0 Å². The smallest absolute Gasteiger partial charge is 0.236 e. The second-order valence-corrected chi connectivity index (χ2v) is 11.2. The van der Waals surface area contributed by atoms with Gasteiger partial charge in [-0.25, -0.2) is 18.3 Å². The first kappa shape index (κ1) is 26.6. The van der Waals surface area contributed by atoms with Crippen LogP contribution in [0.4, 0.5) is 0 Å². The normalized spacial score (nSPS) is 12.1. The van der Waals surface area contributed by atoms with Crippen LogP contribution in [0.15, 0.2) is 97.6 Å². The topological polar surface area (TPSA) is 15.5 Å². The lowest BCUT2D eigenvalue weighted by molar-refractivity contribution is -1.12. The van der Waals surface area contributed by atoms with E-state index in [1.54, 1.807) is 0 Å². The summed E-state index contributed by atoms with van der Waals surface area (Å²) in [4.78, 5) is 0. The van der Waals surface area contributed by atoms with E-state index < -0.39 is 0 Å². The summed E-state index contributed by atoms with van der Waals surface area (Å²) < 4.78 is 10.8. The monoisotopic (exact) mass is 500 g/mol. The summed E-state index contributed by atoms with van der Waals surface area (Å²) >= 11 is 0. The lowest BCUT2D eigenvalue weighted by Crippen LogP contribution is -2.61. The average Bonchev–Trinajstić information content (AvgIpc) is 2.85. The molecule has 0 saturated heterocycles. The maximum atomic E-state index is 2.42. The van der Waals surface area contributed by atoms with E-state index in [-0.39, 0.29) is 0 Å². The molecule has 4 aromatic heterocycles. The van der Waals surface area contributed by atoms with Crippen LogP contribution in [-0.2, 0) is 54.4 Å². The maximum absolute atomic E-state index is 2.42. The van der Waals surface area contributed by atoms with Crippen LogP contribution in [0, 0.1) is 0 Å². The van der Waals surface area contributed by atoms with Gasteiger partial charge in [0.1, 0.15) is 28.2 Å². The molecule has 6 nitrogen and oxygen atoms in total. The molecular weight excluding hydrogens is 456 g/mol. The van der Waals surface area contributed by atoms with Crippen molar-refractivity contribution >= 4 is 0 Å². The molecule has 0 N–H and O–H groups in total. The van der Waals surface area contributed by atoms with Gasteiger partial charge in [0.15, 0.2) is 51.0 Å². The molecule has 0 aliphatic heterocycles. The molecule has 0 atom stereocenters. The zero-order valence-electron chi connectivity index (χ0n) is 23.5. The summed E-state index contributed by atoms with van der Waals surface area (Å²) in [6.07, 6.45) is 8.63. The average molecular weight is 501 g/mol. The predicted octanol–water partition coefficient (Wildman–Crippen LogP) is 1.94. The van der Waals surface area contributed by atoms with Crippen LogP contribution >= 0.6 is 0 Å². The van der Waals surface area contributed by atoms with Crippen molar-refractivity contribution in [1.29, 1.82) is 0 Å². The summed E-state index contributed by atoms with van der Waals surface area (Å²) in [7, 11) is 13.5. The van der Waals surface area contributed by atoms with Crippen LogP contribution in [0.1, 0.15) is 22.8 Å². The summed E-state index contributed by atoms with van der Waals surface area (Å²) in [6.45, 7) is 4.77. The van der Waals surface area contributed by atoms with Crippen molar-refractivity contribution in [2.45, 2.75) is 26.2 Å². The highest BCUT2D eigenvalue weighted by atomic mass is 15.5. The standard InChI is InChI=1S/C31H44N6/c1-32-19-11-7-15-28(32)23-36(5,24-29-16-8-12-20-33(29)2)27-37(6,25-30-17-9-13-21-34(30)3)26-31-18-10-14-22-35(31)4/h7-22H,23-27H2,1-6H3/q+6. The SMILES string of the molecule is C[n+]1ccccc1C[N+](C)(Cc1cccc[n+]1C)C[N+](C)(Cc1cccc[n+]1C)Cc1cccc[n+]1C. The molecule has 4 aromatic rings. The number of nitrogens with zero attached hydrogens (tertiary/aromatic N) is 6. The molecule has 4 rings (SSSR count). The van der Waals surface area contributed by atoms with Crippen molar-refractivity contribution in [3.63, 3.8) is 0 Å². The van der Waals surface area contributed by atoms with E-state index in [2.05, 4.69) is 158 Å². The van der Waals surface area contributed by atoms with Crippen LogP contribution < -0.4 is 18.3 Å². The minimum absolute atomic E-state index is 0.888. The number of rotatable bonds is 10. The van der Waals surface area contributed by atoms with Gasteiger partial charge in [0.2, 0.25) is 29.4 Å². The van der Waals surface area contributed by atoms with Crippen molar-refractivity contribution in [3.8, 4) is 0 Å². The third-order valence-electron chi connectivity index (χ3n) is 7.51. The van der Waals surface area contributed by atoms with Crippen LogP contribution in [0.2, 0.25) is 0 Å². The van der Waals surface area contributed by atoms with E-state index in [9.17, 15) is 0 Å². The molecule has 192 valence electrons. The molecule has 37 heavy (non-hydrogen) atoms. The Morgan fingerprint density at radius 1 is 0.432 bits per heavy atom. The molecule has 0 aliphatic rings. The maximum Gasteiger partial charge on any atom is 0.236 e. The highest BCUT2D eigenvalue weighted by molar-refractivity contribution is 4.99. The fourth-order valence-corrected chi connectivity index (χ4v) is 5.59. The van der Waals surface area contributed by atoms with Gasteiger partial charge in [-0.3, -0.25) is 8.97 Å². The Hall–Kier alpha value is -3.48. The lowest BCUT2D eigenvalue weighted by atomic mass is 10.2. The Labute approximate surface area is 222 Å². The van der Waals surface area contributed by atoms with E-state index in [0.29, 0.717) is 0 Å². The molecule has 0 aliphatic carbocycles. The summed E-state index contributed by atoms with van der Waals surface area (Å²) in [5, 5.41) is 0. The summed E-state index contributed by atoms with van der Waals surface area (Å²) in [6, 6.07) is 26.1. The molecule has 4 heterocycles. The van der Waals surface area contributed by atoms with E-state index >= 15 is 0 Å². The first-order valence-corrected chi connectivity index (χ1v) is 13.1. The Bertz CT molecular complexity index is 1150. The third-order valence-corrected chi connectivity index (χ3v) is 7.51. The van der Waals surface area contributed by atoms with Crippen molar-refractivity contribution in [2.24, 2.45) is 28.2 Å². The number of pyridine rings is 4. The predicted molar refractivity (Wildman–Crippen MR) is 143 cm³/mol. The van der Waals surface area contributed by atoms with E-state index in [1.165, 1.54) is 22.8 Å². The molecule has 0 aromatic carbocycles. The van der Waals surface area contributed by atoms with Gasteiger partial charge >= 0.3 is 0 Å². The van der Waals surface area contributed by atoms with Gasteiger partial charge in [-0.1, -0.05) is 0 Å². The molecule has 0 fully saturated rings. The first-order chi connectivity index (χ1) is 17.7. The van der Waals surface area contributed by atoms with Crippen molar-refractivity contribution in [3.05, 3.63) is 120 Å². The number of aryl methyl sites for hydroxylation is 4. The molecule has 0 amide bonds. The highest BCUT2D eigenvalue weighted by Gasteiger charge is 2.41. The highest BCUT2D eigenvalue weighted by Crippen LogP contribution is 2.23. The second-order valence-electron chi connectivity index (χ2n) is 11.2. The molecule has 0 saturated carbocycles. The number of hydrogen-bond acceptors (Lipinski definition) is 0. The van der Waals surface area contributed by atoms with E-state index in [4.69, 9.17) is 0 Å². The first-order valence-electron chi connectivity index (χ1n) is 13.1. The van der Waals surface area contributed by atoms with Crippen LogP contribution in [0.3, 0.4) is 0 Å². The molecule has 6 heteroatoms. The zero-order chi connectivity index (χ0) is 26.5. The second kappa shape index (κ2) is 11.3. The largest absolute Gasteiger partial charge is 0.262 e. The van der Waals surface area contributed by atoms with Gasteiger partial charge in [-0.05, 0) is 24.3 Å². The minimum Gasteiger partial charge on any atom is -0.262 e. The van der Waals surface area contributed by atoms with E-state index in [0.717, 1.165) is 41.8 Å². The summed E-state index contributed by atoms with van der Waals surface area (Å²) in [5.74, 6) is 0. The summed E-state index contributed by atoms with van der Waals surface area (Å²) in [5.41, 5.74) is 5.35. The molecule has 0 spiro atoms. The van der Waals surface area contributed by atoms with Crippen LogP contribution in [0.25, 0.3) is 0 Å². The van der Waals surface area contributed by atoms with Crippen LogP contribution in [0.5, 0.6) is 0 Å². The zero-order valence-corrected chi connectivity index (χ0v) is 23.5. The van der Waals surface area contributed by atoms with Gasteiger partial charge in [-0.2, -0.15) is 0 Å². The molecule has 0 unspecified atom stereocenters. The van der Waals surface area contributed by atoms with Gasteiger partial charge in [0, 0.05) is 48.5 Å². The van der Waals surface area contributed by atoms with E-state index in [1.807, 2.05) is 0 Å². The van der Waals surface area contributed by atoms with Crippen molar-refractivity contribution < 1.29 is 27.2 Å².